The summed E-state index contributed by atoms with van der Waals surface area (Å²) in [5, 5.41) is 14.7. The number of piperazine rings is 1. The first-order chi connectivity index (χ1) is 9.96. The smallest absolute Gasteiger partial charge is 0.246 e. The van der Waals surface area contributed by atoms with Gasteiger partial charge in [-0.1, -0.05) is 6.92 Å². The minimum atomic E-state index is -0.804. The van der Waals surface area contributed by atoms with Gasteiger partial charge in [0.2, 0.25) is 11.8 Å². The normalized spacial score (nSPS) is 29.7. The quantitative estimate of drug-likeness (QED) is 0.816. The summed E-state index contributed by atoms with van der Waals surface area (Å²) < 4.78 is 0. The number of tetrazole rings is 1. The Morgan fingerprint density at radius 2 is 2.10 bits per heavy atom. The van der Waals surface area contributed by atoms with E-state index in [9.17, 15) is 9.59 Å². The number of hydrogen-bond donors (Lipinski definition) is 1. The predicted molar refractivity (Wildman–Crippen MR) is 72.7 cm³/mol. The van der Waals surface area contributed by atoms with Gasteiger partial charge in [-0.25, -0.2) is 0 Å². The van der Waals surface area contributed by atoms with Crippen LogP contribution in [0.4, 0.5) is 0 Å². The largest absolute Gasteiger partial charge is 0.342 e. The molecule has 2 fully saturated rings. The molecular formula is C13H20N6O2. The highest BCUT2D eigenvalue weighted by Crippen LogP contribution is 2.45. The van der Waals surface area contributed by atoms with E-state index in [0.717, 1.165) is 12.8 Å². The molecular weight excluding hydrogens is 272 g/mol. The zero-order chi connectivity index (χ0) is 15.2. The first kappa shape index (κ1) is 14.0. The van der Waals surface area contributed by atoms with E-state index < -0.39 is 11.6 Å². The number of aromatic nitrogens is 4. The van der Waals surface area contributed by atoms with Crippen molar-refractivity contribution in [3.8, 4) is 0 Å². The van der Waals surface area contributed by atoms with Gasteiger partial charge in [0.05, 0.1) is 13.6 Å². The fourth-order valence-electron chi connectivity index (χ4n) is 3.00. The summed E-state index contributed by atoms with van der Waals surface area (Å²) in [6.07, 6.45) is 2.52. The van der Waals surface area contributed by atoms with Crippen molar-refractivity contribution in [1.29, 1.82) is 0 Å². The summed E-state index contributed by atoms with van der Waals surface area (Å²) in [6.45, 7) is 3.96. The Kier molecular flexibility index (Phi) is 3.18. The van der Waals surface area contributed by atoms with Crippen molar-refractivity contribution in [1.82, 2.24) is 30.4 Å². The van der Waals surface area contributed by atoms with E-state index in [1.807, 2.05) is 13.8 Å². The fourth-order valence-corrected chi connectivity index (χ4v) is 3.00. The van der Waals surface area contributed by atoms with E-state index in [4.69, 9.17) is 0 Å². The van der Waals surface area contributed by atoms with Crippen LogP contribution in [0.1, 0.15) is 38.9 Å². The van der Waals surface area contributed by atoms with Crippen LogP contribution < -0.4 is 5.32 Å². The molecule has 2 amide bonds. The van der Waals surface area contributed by atoms with Crippen LogP contribution in [0.15, 0.2) is 0 Å². The minimum Gasteiger partial charge on any atom is -0.342 e. The maximum absolute atomic E-state index is 12.7. The molecule has 114 valence electrons. The van der Waals surface area contributed by atoms with E-state index in [1.165, 1.54) is 4.80 Å². The molecule has 1 saturated heterocycles. The van der Waals surface area contributed by atoms with E-state index in [2.05, 4.69) is 20.7 Å². The van der Waals surface area contributed by atoms with Gasteiger partial charge in [0.25, 0.3) is 0 Å². The van der Waals surface area contributed by atoms with Crippen LogP contribution in [0, 0.1) is 5.92 Å². The number of carbonyl (C=O) groups is 2. The van der Waals surface area contributed by atoms with Gasteiger partial charge in [0.1, 0.15) is 11.6 Å². The van der Waals surface area contributed by atoms with Crippen LogP contribution in [0.3, 0.4) is 0 Å². The first-order valence-electron chi connectivity index (χ1n) is 7.32. The van der Waals surface area contributed by atoms with Crippen LogP contribution in [0.25, 0.3) is 0 Å². The van der Waals surface area contributed by atoms with Gasteiger partial charge in [-0.05, 0) is 37.3 Å². The lowest BCUT2D eigenvalue weighted by Crippen LogP contribution is -2.70. The van der Waals surface area contributed by atoms with E-state index in [1.54, 1.807) is 11.9 Å². The Morgan fingerprint density at radius 3 is 2.62 bits per heavy atom. The molecule has 1 aromatic rings. The number of amides is 2. The van der Waals surface area contributed by atoms with Gasteiger partial charge < -0.3 is 10.2 Å². The lowest BCUT2D eigenvalue weighted by Gasteiger charge is -2.46. The Morgan fingerprint density at radius 1 is 1.38 bits per heavy atom. The standard InChI is InChI=1S/C13H20N6O2/c1-4-9-11(20)19(7-10-15-17-18(3)16-10)13(2,8-5-6-8)12(21)14-9/h8-9H,4-7H2,1-3H3,(H,14,21). The number of rotatable bonds is 4. The molecule has 0 aromatic carbocycles. The number of carbonyl (C=O) groups excluding carboxylic acids is 2. The van der Waals surface area contributed by atoms with Gasteiger partial charge in [0.15, 0.2) is 5.82 Å². The summed E-state index contributed by atoms with van der Waals surface area (Å²) in [5.74, 6) is 0.553. The first-order valence-corrected chi connectivity index (χ1v) is 7.32. The third-order valence-electron chi connectivity index (χ3n) is 4.52. The lowest BCUT2D eigenvalue weighted by molar-refractivity contribution is -0.159. The van der Waals surface area contributed by atoms with E-state index in [-0.39, 0.29) is 24.3 Å². The predicted octanol–water partition coefficient (Wildman–Crippen LogP) is -0.384. The monoisotopic (exact) mass is 292 g/mol. The van der Waals surface area contributed by atoms with Gasteiger partial charge in [-0.3, -0.25) is 9.59 Å². The third-order valence-corrected chi connectivity index (χ3v) is 4.52. The Labute approximate surface area is 122 Å². The van der Waals surface area contributed by atoms with Crippen molar-refractivity contribution < 1.29 is 9.59 Å². The maximum Gasteiger partial charge on any atom is 0.246 e. The number of hydrogen-bond acceptors (Lipinski definition) is 5. The van der Waals surface area contributed by atoms with Crippen LogP contribution in [0.2, 0.25) is 0 Å². The minimum absolute atomic E-state index is 0.0565. The van der Waals surface area contributed by atoms with Gasteiger partial charge in [-0.15, -0.1) is 10.2 Å². The summed E-state index contributed by atoms with van der Waals surface area (Å²) in [4.78, 5) is 28.2. The number of nitrogens with zero attached hydrogens (tertiary/aromatic N) is 5. The molecule has 8 nitrogen and oxygen atoms in total. The molecule has 3 rings (SSSR count). The van der Waals surface area contributed by atoms with Gasteiger partial charge >= 0.3 is 0 Å². The number of nitrogens with one attached hydrogen (secondary N) is 1. The zero-order valence-corrected chi connectivity index (χ0v) is 12.5. The molecule has 1 N–H and O–H groups in total. The highest BCUT2D eigenvalue weighted by molar-refractivity contribution is 6.00. The second kappa shape index (κ2) is 4.78. The molecule has 2 aliphatic rings. The summed E-state index contributed by atoms with van der Waals surface area (Å²) in [7, 11) is 1.68. The molecule has 0 bridgehead atoms. The Hall–Kier alpha value is -1.99. The van der Waals surface area contributed by atoms with E-state index >= 15 is 0 Å². The summed E-state index contributed by atoms with van der Waals surface area (Å²) >= 11 is 0. The van der Waals surface area contributed by atoms with Crippen LogP contribution in [-0.2, 0) is 23.2 Å². The highest BCUT2D eigenvalue weighted by Gasteiger charge is 2.56. The average Bonchev–Trinajstić information content (AvgIpc) is 3.23. The molecule has 21 heavy (non-hydrogen) atoms. The zero-order valence-electron chi connectivity index (χ0n) is 12.5. The molecule has 0 radical (unpaired) electrons. The van der Waals surface area contributed by atoms with Crippen LogP contribution >= 0.6 is 0 Å². The molecule has 0 spiro atoms. The highest BCUT2D eigenvalue weighted by atomic mass is 16.2. The molecule has 1 aliphatic carbocycles. The lowest BCUT2D eigenvalue weighted by atomic mass is 9.87. The maximum atomic E-state index is 12.7. The van der Waals surface area contributed by atoms with E-state index in [0.29, 0.717) is 12.2 Å². The fraction of sp³-hybridized carbons (Fsp3) is 0.769. The van der Waals surface area contributed by atoms with Gasteiger partial charge in [0, 0.05) is 0 Å². The van der Waals surface area contributed by atoms with Crippen LogP contribution in [-0.4, -0.2) is 48.5 Å². The molecule has 1 aromatic heterocycles. The molecule has 1 saturated carbocycles. The summed E-state index contributed by atoms with van der Waals surface area (Å²) in [6, 6.07) is -0.457. The average molecular weight is 292 g/mol. The molecule has 2 unspecified atom stereocenters. The van der Waals surface area contributed by atoms with Crippen molar-refractivity contribution in [3.63, 3.8) is 0 Å². The van der Waals surface area contributed by atoms with Crippen molar-refractivity contribution in [2.24, 2.45) is 13.0 Å². The second-order valence-corrected chi connectivity index (χ2v) is 5.98. The molecule has 2 atom stereocenters. The van der Waals surface area contributed by atoms with Crippen LogP contribution in [0.5, 0.6) is 0 Å². The molecule has 1 aliphatic heterocycles. The van der Waals surface area contributed by atoms with Crippen molar-refractivity contribution in [3.05, 3.63) is 5.82 Å². The molecule has 8 heteroatoms. The van der Waals surface area contributed by atoms with Gasteiger partial charge in [-0.2, -0.15) is 4.80 Å². The van der Waals surface area contributed by atoms with Crippen molar-refractivity contribution in [2.75, 3.05) is 0 Å². The van der Waals surface area contributed by atoms with Crippen molar-refractivity contribution in [2.45, 2.75) is 51.2 Å². The molecule has 2 heterocycles. The third kappa shape index (κ3) is 2.18. The Balaban J connectivity index is 1.93. The van der Waals surface area contributed by atoms with Crippen molar-refractivity contribution >= 4 is 11.8 Å². The topological polar surface area (TPSA) is 93.0 Å². The Bertz CT molecular complexity index is 581. The number of aryl methyl sites for hydroxylation is 1. The second-order valence-electron chi connectivity index (χ2n) is 5.98. The SMILES string of the molecule is CCC1NC(=O)C(C)(C2CC2)N(Cc2nnn(C)n2)C1=O. The summed E-state index contributed by atoms with van der Waals surface area (Å²) in [5.41, 5.74) is -0.804.